The van der Waals surface area contributed by atoms with Gasteiger partial charge in [-0.1, -0.05) is 11.8 Å². The van der Waals surface area contributed by atoms with Crippen LogP contribution in [0.3, 0.4) is 0 Å². The summed E-state index contributed by atoms with van der Waals surface area (Å²) >= 11 is 0. The van der Waals surface area contributed by atoms with E-state index >= 15 is 0 Å². The van der Waals surface area contributed by atoms with Gasteiger partial charge in [0.05, 0.1) is 20.1 Å². The molecule has 0 aliphatic heterocycles. The maximum absolute atomic E-state index is 11.7. The molecule has 1 rings (SSSR count). The van der Waals surface area contributed by atoms with E-state index in [1.807, 2.05) is 0 Å². The van der Waals surface area contributed by atoms with Gasteiger partial charge in [-0.05, 0) is 12.1 Å². The van der Waals surface area contributed by atoms with Crippen molar-refractivity contribution < 1.29 is 14.3 Å². The number of amides is 1. The zero-order valence-electron chi connectivity index (χ0n) is 10.6. The fourth-order valence-electron chi connectivity index (χ4n) is 1.23. The minimum atomic E-state index is -0.374. The van der Waals surface area contributed by atoms with Crippen LogP contribution >= 0.6 is 0 Å². The zero-order chi connectivity index (χ0) is 14.1. The molecule has 6 nitrogen and oxygen atoms in total. The molecule has 0 unspecified atom stereocenters. The van der Waals surface area contributed by atoms with E-state index in [0.717, 1.165) is 0 Å². The lowest BCUT2D eigenvalue weighted by molar-refractivity contribution is -0.140. The molecule has 0 aliphatic rings. The minimum Gasteiger partial charge on any atom is -0.469 e. The van der Waals surface area contributed by atoms with Crippen LogP contribution in [0.1, 0.15) is 22.5 Å². The lowest BCUT2D eigenvalue weighted by Crippen LogP contribution is -2.27. The molecule has 1 aromatic heterocycles. The van der Waals surface area contributed by atoms with Crippen molar-refractivity contribution in [1.82, 2.24) is 10.3 Å². The summed E-state index contributed by atoms with van der Waals surface area (Å²) < 4.78 is 4.46. The van der Waals surface area contributed by atoms with Crippen LogP contribution in [-0.2, 0) is 9.53 Å². The van der Waals surface area contributed by atoms with Crippen molar-refractivity contribution in [2.75, 3.05) is 20.2 Å². The molecule has 19 heavy (non-hydrogen) atoms. The Bertz CT molecular complexity index is 500. The van der Waals surface area contributed by atoms with Crippen LogP contribution in [-0.4, -0.2) is 37.1 Å². The zero-order valence-corrected chi connectivity index (χ0v) is 10.6. The van der Waals surface area contributed by atoms with Crippen LogP contribution < -0.4 is 11.1 Å². The molecule has 0 spiro atoms. The van der Waals surface area contributed by atoms with Gasteiger partial charge in [0.15, 0.2) is 0 Å². The van der Waals surface area contributed by atoms with Gasteiger partial charge in [0.2, 0.25) is 0 Å². The number of hydrogen-bond donors (Lipinski definition) is 2. The van der Waals surface area contributed by atoms with E-state index in [1.165, 1.54) is 13.3 Å². The number of aromatic nitrogens is 1. The maximum atomic E-state index is 11.7. The fraction of sp³-hybridized carbons (Fsp3) is 0.308. The third-order valence-electron chi connectivity index (χ3n) is 2.17. The van der Waals surface area contributed by atoms with Gasteiger partial charge >= 0.3 is 5.97 Å². The van der Waals surface area contributed by atoms with E-state index in [1.54, 1.807) is 12.1 Å². The Labute approximate surface area is 111 Å². The van der Waals surface area contributed by atoms with Crippen molar-refractivity contribution >= 4 is 11.9 Å². The van der Waals surface area contributed by atoms with Crippen LogP contribution in [0.2, 0.25) is 0 Å². The summed E-state index contributed by atoms with van der Waals surface area (Å²) in [5.74, 6) is 4.78. The van der Waals surface area contributed by atoms with Gasteiger partial charge in [-0.2, -0.15) is 0 Å². The first-order chi connectivity index (χ1) is 9.17. The summed E-state index contributed by atoms with van der Waals surface area (Å²) in [6.07, 6.45) is 1.63. The van der Waals surface area contributed by atoms with E-state index < -0.39 is 0 Å². The average molecular weight is 261 g/mol. The molecule has 1 aromatic rings. The van der Waals surface area contributed by atoms with E-state index in [4.69, 9.17) is 5.73 Å². The Morgan fingerprint density at radius 3 is 2.84 bits per heavy atom. The first-order valence-corrected chi connectivity index (χ1v) is 5.67. The Morgan fingerprint density at radius 2 is 2.26 bits per heavy atom. The van der Waals surface area contributed by atoms with Crippen LogP contribution in [0.15, 0.2) is 18.3 Å². The highest BCUT2D eigenvalue weighted by atomic mass is 16.5. The number of nitrogens with one attached hydrogen (secondary N) is 1. The second-order valence-corrected chi connectivity index (χ2v) is 3.52. The topological polar surface area (TPSA) is 94.3 Å². The average Bonchev–Trinajstić information content (AvgIpc) is 2.45. The molecule has 6 heteroatoms. The van der Waals surface area contributed by atoms with Crippen molar-refractivity contribution in [3.8, 4) is 11.8 Å². The molecular weight excluding hydrogens is 246 g/mol. The predicted molar refractivity (Wildman–Crippen MR) is 69.1 cm³/mol. The number of carbonyl (C=O) groups excluding carboxylic acids is 2. The van der Waals surface area contributed by atoms with E-state index in [2.05, 4.69) is 26.9 Å². The van der Waals surface area contributed by atoms with Gasteiger partial charge in [0.25, 0.3) is 5.91 Å². The summed E-state index contributed by atoms with van der Waals surface area (Å²) in [4.78, 5) is 26.5. The SMILES string of the molecule is COC(=O)CCNC(=O)c1ccc(C#CCN)cn1. The van der Waals surface area contributed by atoms with Crippen LogP contribution in [0.5, 0.6) is 0 Å². The molecule has 1 amide bonds. The summed E-state index contributed by atoms with van der Waals surface area (Å²) in [6, 6.07) is 3.25. The molecular formula is C13H15N3O3. The van der Waals surface area contributed by atoms with Gasteiger partial charge in [-0.25, -0.2) is 4.98 Å². The van der Waals surface area contributed by atoms with Crippen molar-refractivity contribution in [3.63, 3.8) is 0 Å². The van der Waals surface area contributed by atoms with Crippen LogP contribution in [0, 0.1) is 11.8 Å². The minimum absolute atomic E-state index is 0.127. The quantitative estimate of drug-likeness (QED) is 0.572. The van der Waals surface area contributed by atoms with Crippen molar-refractivity contribution in [1.29, 1.82) is 0 Å². The number of esters is 1. The van der Waals surface area contributed by atoms with Crippen molar-refractivity contribution in [2.45, 2.75) is 6.42 Å². The molecule has 0 saturated carbocycles. The van der Waals surface area contributed by atoms with Gasteiger partial charge in [-0.15, -0.1) is 0 Å². The third kappa shape index (κ3) is 5.19. The van der Waals surface area contributed by atoms with Crippen molar-refractivity contribution in [2.24, 2.45) is 5.73 Å². The highest BCUT2D eigenvalue weighted by molar-refractivity contribution is 5.92. The summed E-state index contributed by atoms with van der Waals surface area (Å²) in [6.45, 7) is 0.484. The molecule has 1 heterocycles. The third-order valence-corrected chi connectivity index (χ3v) is 2.17. The number of nitrogens with zero attached hydrogens (tertiary/aromatic N) is 1. The molecule has 0 aromatic carbocycles. The lowest BCUT2D eigenvalue weighted by atomic mass is 10.2. The van der Waals surface area contributed by atoms with E-state index in [9.17, 15) is 9.59 Å². The summed E-state index contributed by atoms with van der Waals surface area (Å²) in [5.41, 5.74) is 6.21. The van der Waals surface area contributed by atoms with Gasteiger partial charge in [0.1, 0.15) is 5.69 Å². The number of ether oxygens (including phenoxy) is 1. The first-order valence-electron chi connectivity index (χ1n) is 5.67. The normalized spacial score (nSPS) is 9.16. The molecule has 0 aliphatic carbocycles. The Morgan fingerprint density at radius 1 is 1.47 bits per heavy atom. The molecule has 0 saturated heterocycles. The fourth-order valence-corrected chi connectivity index (χ4v) is 1.23. The number of nitrogens with two attached hydrogens (primary N) is 1. The van der Waals surface area contributed by atoms with Crippen molar-refractivity contribution in [3.05, 3.63) is 29.6 Å². The molecule has 0 bridgehead atoms. The van der Waals surface area contributed by atoms with Gasteiger partial charge in [-0.3, -0.25) is 9.59 Å². The molecule has 3 N–H and O–H groups in total. The number of carbonyl (C=O) groups is 2. The standard InChI is InChI=1S/C13H15N3O3/c1-19-12(17)6-8-15-13(18)11-5-4-10(9-16-11)3-2-7-14/h4-5,9H,6-8,14H2,1H3,(H,15,18). The summed E-state index contributed by atoms with van der Waals surface area (Å²) in [7, 11) is 1.30. The molecule has 0 fully saturated rings. The van der Waals surface area contributed by atoms with Gasteiger partial charge in [0, 0.05) is 18.3 Å². The number of pyridine rings is 1. The van der Waals surface area contributed by atoms with Crippen LogP contribution in [0.25, 0.3) is 0 Å². The first kappa shape index (κ1) is 14.7. The smallest absolute Gasteiger partial charge is 0.307 e. The Balaban J connectivity index is 2.51. The molecule has 0 radical (unpaired) electrons. The predicted octanol–water partition coefficient (Wildman–Crippen LogP) is -0.315. The molecule has 0 atom stereocenters. The highest BCUT2D eigenvalue weighted by Crippen LogP contribution is 1.99. The van der Waals surface area contributed by atoms with E-state index in [0.29, 0.717) is 5.56 Å². The van der Waals surface area contributed by atoms with E-state index in [-0.39, 0.29) is 37.1 Å². The molecule has 100 valence electrons. The Hall–Kier alpha value is -2.39. The largest absolute Gasteiger partial charge is 0.469 e. The monoisotopic (exact) mass is 261 g/mol. The number of methoxy groups -OCH3 is 1. The second kappa shape index (κ2) is 7.84. The number of hydrogen-bond acceptors (Lipinski definition) is 5. The lowest BCUT2D eigenvalue weighted by Gasteiger charge is -2.03. The second-order valence-electron chi connectivity index (χ2n) is 3.52. The summed E-state index contributed by atoms with van der Waals surface area (Å²) in [5, 5.41) is 2.57. The highest BCUT2D eigenvalue weighted by Gasteiger charge is 2.07. The van der Waals surface area contributed by atoms with Crippen LogP contribution in [0.4, 0.5) is 0 Å². The Kier molecular flexibility index (Phi) is 6.06. The maximum Gasteiger partial charge on any atom is 0.307 e. The van der Waals surface area contributed by atoms with Gasteiger partial charge < -0.3 is 15.8 Å². The number of rotatable bonds is 4.